The van der Waals surface area contributed by atoms with Crippen molar-refractivity contribution in [2.75, 3.05) is 13.7 Å². The Labute approximate surface area is 159 Å². The van der Waals surface area contributed by atoms with E-state index >= 15 is 0 Å². The highest BCUT2D eigenvalue weighted by molar-refractivity contribution is 8.18. The molecule has 0 aliphatic carbocycles. The van der Waals surface area contributed by atoms with E-state index in [0.717, 1.165) is 27.9 Å². The Kier molecular flexibility index (Phi) is 5.20. The molecule has 0 radical (unpaired) electrons. The maximum absolute atomic E-state index is 12.4. The molecule has 26 heavy (non-hydrogen) atoms. The van der Waals surface area contributed by atoms with Crippen molar-refractivity contribution in [3.8, 4) is 5.69 Å². The number of hydrogen-bond donors (Lipinski definition) is 0. The van der Waals surface area contributed by atoms with Crippen LogP contribution in [0, 0.1) is 6.92 Å². The summed E-state index contributed by atoms with van der Waals surface area (Å²) in [6.07, 6.45) is 3.46. The Balaban J connectivity index is 1.91. The number of hydrogen-bond acceptors (Lipinski definition) is 5. The molecule has 0 bridgehead atoms. The number of halogens is 1. The molecule has 1 saturated heterocycles. The number of amides is 2. The van der Waals surface area contributed by atoms with Crippen LogP contribution >= 0.6 is 23.4 Å². The minimum absolute atomic E-state index is 0.247. The Bertz CT molecular complexity index is 935. The molecule has 1 aromatic heterocycles. The first-order valence-electron chi connectivity index (χ1n) is 7.67. The predicted molar refractivity (Wildman–Crippen MR) is 100 cm³/mol. The van der Waals surface area contributed by atoms with Crippen LogP contribution in [0.5, 0.6) is 0 Å². The van der Waals surface area contributed by atoms with Gasteiger partial charge in [-0.1, -0.05) is 17.7 Å². The van der Waals surface area contributed by atoms with E-state index in [1.54, 1.807) is 6.08 Å². The fourth-order valence-electron chi connectivity index (χ4n) is 2.44. The summed E-state index contributed by atoms with van der Waals surface area (Å²) in [6, 6.07) is 9.31. The fourth-order valence-corrected chi connectivity index (χ4v) is 3.44. The summed E-state index contributed by atoms with van der Waals surface area (Å²) in [5.74, 6) is -1.16. The third-order valence-corrected chi connectivity index (χ3v) is 5.20. The van der Waals surface area contributed by atoms with Crippen molar-refractivity contribution in [3.63, 3.8) is 0 Å². The summed E-state index contributed by atoms with van der Waals surface area (Å²) in [5.41, 5.74) is 2.52. The van der Waals surface area contributed by atoms with Crippen LogP contribution < -0.4 is 0 Å². The second-order valence-electron chi connectivity index (χ2n) is 5.58. The predicted octanol–water partition coefficient (Wildman–Crippen LogP) is 3.65. The van der Waals surface area contributed by atoms with Crippen LogP contribution in [0.4, 0.5) is 4.79 Å². The minimum atomic E-state index is -0.647. The number of aromatic nitrogens is 1. The zero-order valence-electron chi connectivity index (χ0n) is 14.1. The van der Waals surface area contributed by atoms with Crippen molar-refractivity contribution < 1.29 is 19.1 Å². The van der Waals surface area contributed by atoms with Gasteiger partial charge in [-0.3, -0.25) is 19.3 Å². The molecule has 134 valence electrons. The molecule has 0 saturated carbocycles. The summed E-state index contributed by atoms with van der Waals surface area (Å²) in [5, 5.41) is 0.142. The highest BCUT2D eigenvalue weighted by Crippen LogP contribution is 2.32. The van der Waals surface area contributed by atoms with Crippen LogP contribution in [-0.2, 0) is 14.3 Å². The normalized spacial score (nSPS) is 15.8. The molecular formula is C18H15ClN2O4S. The summed E-state index contributed by atoms with van der Waals surface area (Å²) in [7, 11) is 1.21. The van der Waals surface area contributed by atoms with E-state index in [1.807, 2.05) is 48.0 Å². The number of carbonyl (C=O) groups is 3. The number of methoxy groups -OCH3 is 1. The van der Waals surface area contributed by atoms with E-state index in [1.165, 1.54) is 7.11 Å². The van der Waals surface area contributed by atoms with Gasteiger partial charge < -0.3 is 9.30 Å². The lowest BCUT2D eigenvalue weighted by Crippen LogP contribution is -2.34. The maximum Gasteiger partial charge on any atom is 0.325 e. The van der Waals surface area contributed by atoms with Gasteiger partial charge in [-0.05, 0) is 54.6 Å². The molecule has 1 aliphatic heterocycles. The maximum atomic E-state index is 12.4. The van der Waals surface area contributed by atoms with Crippen molar-refractivity contribution in [2.24, 2.45) is 0 Å². The quantitative estimate of drug-likeness (QED) is 0.588. The van der Waals surface area contributed by atoms with Gasteiger partial charge in [0.15, 0.2) is 0 Å². The number of rotatable bonds is 4. The Hall–Kier alpha value is -2.51. The number of nitrogens with zero attached hydrogens (tertiary/aromatic N) is 2. The van der Waals surface area contributed by atoms with E-state index in [2.05, 4.69) is 4.74 Å². The third-order valence-electron chi connectivity index (χ3n) is 3.88. The monoisotopic (exact) mass is 390 g/mol. The van der Waals surface area contributed by atoms with Gasteiger partial charge in [0, 0.05) is 22.6 Å². The van der Waals surface area contributed by atoms with E-state index in [0.29, 0.717) is 10.7 Å². The van der Waals surface area contributed by atoms with Crippen molar-refractivity contribution >= 4 is 46.6 Å². The summed E-state index contributed by atoms with van der Waals surface area (Å²) in [6.45, 7) is 1.52. The number of benzene rings is 1. The lowest BCUT2D eigenvalue weighted by Gasteiger charge is -2.10. The van der Waals surface area contributed by atoms with Gasteiger partial charge >= 0.3 is 5.97 Å². The number of aryl methyl sites for hydroxylation is 1. The molecule has 1 fully saturated rings. The van der Waals surface area contributed by atoms with Gasteiger partial charge in [-0.15, -0.1) is 0 Å². The summed E-state index contributed by atoms with van der Waals surface area (Å²) >= 11 is 6.99. The van der Waals surface area contributed by atoms with Crippen LogP contribution in [0.3, 0.4) is 0 Å². The van der Waals surface area contributed by atoms with E-state index in [4.69, 9.17) is 11.6 Å². The van der Waals surface area contributed by atoms with Crippen molar-refractivity contribution in [1.82, 2.24) is 9.47 Å². The lowest BCUT2D eigenvalue weighted by molar-refractivity contribution is -0.143. The first-order chi connectivity index (χ1) is 12.4. The van der Waals surface area contributed by atoms with Crippen LogP contribution in [0.25, 0.3) is 11.8 Å². The molecule has 1 aromatic carbocycles. The number of carbonyl (C=O) groups excluding carboxylic acids is 3. The SMILES string of the molecule is COC(=O)CN1C(=O)S/C(=C/c2cccn2-c2ccc(C)c(Cl)c2)C1=O. The Morgan fingerprint density at radius 1 is 1.31 bits per heavy atom. The Morgan fingerprint density at radius 3 is 2.77 bits per heavy atom. The van der Waals surface area contributed by atoms with E-state index in [-0.39, 0.29) is 4.91 Å². The molecule has 2 aromatic rings. The van der Waals surface area contributed by atoms with Crippen LogP contribution in [0.15, 0.2) is 41.4 Å². The van der Waals surface area contributed by atoms with Gasteiger partial charge in [0.1, 0.15) is 6.54 Å². The molecule has 2 amide bonds. The number of imide groups is 1. The van der Waals surface area contributed by atoms with Crippen LogP contribution in [-0.4, -0.2) is 40.2 Å². The smallest absolute Gasteiger partial charge is 0.325 e. The largest absolute Gasteiger partial charge is 0.468 e. The van der Waals surface area contributed by atoms with Crippen molar-refractivity contribution in [2.45, 2.75) is 6.92 Å². The second-order valence-corrected chi connectivity index (χ2v) is 6.98. The van der Waals surface area contributed by atoms with Crippen LogP contribution in [0.2, 0.25) is 5.02 Å². The lowest BCUT2D eigenvalue weighted by atomic mass is 10.2. The third kappa shape index (κ3) is 3.54. The number of thioether (sulfide) groups is 1. The van der Waals surface area contributed by atoms with Gasteiger partial charge in [0.25, 0.3) is 11.1 Å². The minimum Gasteiger partial charge on any atom is -0.468 e. The summed E-state index contributed by atoms with van der Waals surface area (Å²) < 4.78 is 6.38. The molecule has 1 aliphatic rings. The van der Waals surface area contributed by atoms with Gasteiger partial charge in [-0.25, -0.2) is 0 Å². The molecule has 6 nitrogen and oxygen atoms in total. The zero-order chi connectivity index (χ0) is 18.8. The van der Waals surface area contributed by atoms with Crippen molar-refractivity contribution in [3.05, 3.63) is 57.7 Å². The van der Waals surface area contributed by atoms with E-state index < -0.39 is 23.7 Å². The average molecular weight is 391 g/mol. The highest BCUT2D eigenvalue weighted by atomic mass is 35.5. The standard InChI is InChI=1S/C18H15ClN2O4S/c1-11-5-6-13(8-14(11)19)20-7-3-4-12(20)9-15-17(23)21(18(24)26-15)10-16(22)25-2/h3-9H,10H2,1-2H3/b15-9+. The molecule has 8 heteroatoms. The first-order valence-corrected chi connectivity index (χ1v) is 8.86. The average Bonchev–Trinajstić information content (AvgIpc) is 3.17. The van der Waals surface area contributed by atoms with Gasteiger partial charge in [0.2, 0.25) is 0 Å². The second kappa shape index (κ2) is 7.39. The zero-order valence-corrected chi connectivity index (χ0v) is 15.6. The van der Waals surface area contributed by atoms with Gasteiger partial charge in [0.05, 0.1) is 12.0 Å². The van der Waals surface area contributed by atoms with Gasteiger partial charge in [-0.2, -0.15) is 0 Å². The Morgan fingerprint density at radius 2 is 2.08 bits per heavy atom. The molecule has 0 atom stereocenters. The topological polar surface area (TPSA) is 68.6 Å². The molecule has 0 N–H and O–H groups in total. The van der Waals surface area contributed by atoms with Crippen molar-refractivity contribution in [1.29, 1.82) is 0 Å². The molecule has 0 unspecified atom stereocenters. The van der Waals surface area contributed by atoms with E-state index in [9.17, 15) is 14.4 Å². The number of ether oxygens (including phenoxy) is 1. The fraction of sp³-hybridized carbons (Fsp3) is 0.167. The highest BCUT2D eigenvalue weighted by Gasteiger charge is 2.36. The molecular weight excluding hydrogens is 376 g/mol. The molecule has 3 rings (SSSR count). The molecule has 0 spiro atoms. The first kappa shape index (κ1) is 18.3. The van der Waals surface area contributed by atoms with Crippen LogP contribution in [0.1, 0.15) is 11.3 Å². The summed E-state index contributed by atoms with van der Waals surface area (Å²) in [4.78, 5) is 36.9. The number of esters is 1. The molecule has 2 heterocycles.